The Hall–Kier alpha value is -3.12. The lowest BCUT2D eigenvalue weighted by Crippen LogP contribution is -2.50. The smallest absolute Gasteiger partial charge is 0.247 e. The van der Waals surface area contributed by atoms with Crippen molar-refractivity contribution in [1.29, 1.82) is 0 Å². The van der Waals surface area contributed by atoms with Crippen molar-refractivity contribution in [2.45, 2.75) is 38.8 Å². The lowest BCUT2D eigenvalue weighted by Gasteiger charge is -2.37. The first-order chi connectivity index (χ1) is 15.9. The van der Waals surface area contributed by atoms with Gasteiger partial charge in [0.05, 0.1) is 17.9 Å². The summed E-state index contributed by atoms with van der Waals surface area (Å²) in [6.45, 7) is 4.45. The van der Waals surface area contributed by atoms with Crippen LogP contribution >= 0.6 is 11.6 Å². The molecule has 0 bridgehead atoms. The minimum absolute atomic E-state index is 0.168. The molecule has 0 radical (unpaired) electrons. The monoisotopic (exact) mass is 463 g/mol. The minimum Gasteiger partial charge on any atom is -0.351 e. The predicted molar refractivity (Wildman–Crippen MR) is 129 cm³/mol. The number of allylic oxidation sites excluding steroid dienone is 1. The number of anilines is 2. The maximum Gasteiger partial charge on any atom is 0.247 e. The molecule has 1 N–H and O–H groups in total. The van der Waals surface area contributed by atoms with Crippen LogP contribution in [-0.4, -0.2) is 41.2 Å². The molecular weight excluding hydrogens is 438 g/mol. The Morgan fingerprint density at radius 1 is 1.03 bits per heavy atom. The number of unbranched alkanes of at least 4 members (excludes halogenated alkanes) is 1. The molecule has 170 valence electrons. The molecule has 2 fully saturated rings. The number of benzene rings is 2. The van der Waals surface area contributed by atoms with E-state index in [2.05, 4.69) is 5.32 Å². The Kier molecular flexibility index (Phi) is 5.49. The van der Waals surface area contributed by atoms with Gasteiger partial charge >= 0.3 is 0 Å². The van der Waals surface area contributed by atoms with E-state index in [1.807, 2.05) is 49.1 Å². The van der Waals surface area contributed by atoms with Crippen molar-refractivity contribution in [2.75, 3.05) is 16.8 Å². The highest BCUT2D eigenvalue weighted by atomic mass is 35.5. The third kappa shape index (κ3) is 3.44. The summed E-state index contributed by atoms with van der Waals surface area (Å²) in [5, 5.41) is 3.52. The van der Waals surface area contributed by atoms with E-state index in [0.29, 0.717) is 17.3 Å². The number of halogens is 1. The second-order valence-corrected chi connectivity index (χ2v) is 9.38. The SMILES string of the molecule is CCCCN1C(=O)[C@@H]2[C@H](C1=O)[C@@H](C(=O)Nc1ccc(Cl)cc1)N1c3ccccc3C(C)=C[C@@H]21. The Labute approximate surface area is 198 Å². The average Bonchev–Trinajstić information content (AvgIpc) is 3.27. The van der Waals surface area contributed by atoms with Crippen molar-refractivity contribution < 1.29 is 14.4 Å². The van der Waals surface area contributed by atoms with E-state index in [-0.39, 0.29) is 23.8 Å². The van der Waals surface area contributed by atoms with Crippen LogP contribution < -0.4 is 10.2 Å². The van der Waals surface area contributed by atoms with Crippen LogP contribution in [0.4, 0.5) is 11.4 Å². The molecule has 7 heteroatoms. The van der Waals surface area contributed by atoms with Gasteiger partial charge in [-0.25, -0.2) is 0 Å². The molecule has 2 saturated heterocycles. The molecule has 0 spiro atoms. The van der Waals surface area contributed by atoms with Gasteiger partial charge in [-0.15, -0.1) is 0 Å². The summed E-state index contributed by atoms with van der Waals surface area (Å²) in [7, 11) is 0. The van der Waals surface area contributed by atoms with Gasteiger partial charge < -0.3 is 10.2 Å². The van der Waals surface area contributed by atoms with Crippen LogP contribution in [0.15, 0.2) is 54.6 Å². The van der Waals surface area contributed by atoms with E-state index in [4.69, 9.17) is 11.6 Å². The van der Waals surface area contributed by atoms with Crippen LogP contribution in [0.25, 0.3) is 5.57 Å². The standard InChI is InChI=1S/C26H26ClN3O3/c1-3-4-13-29-25(32)21-20-14-15(2)18-7-5-6-8-19(18)30(20)23(22(21)26(29)33)24(31)28-17-11-9-16(27)10-12-17/h5-12,14,20-23H,3-4,13H2,1-2H3,(H,28,31)/t20-,21-,22-,23-/m0/s1. The lowest BCUT2D eigenvalue weighted by molar-refractivity contribution is -0.141. The molecule has 0 unspecified atom stereocenters. The van der Waals surface area contributed by atoms with Crippen LogP contribution in [-0.2, 0) is 14.4 Å². The van der Waals surface area contributed by atoms with Crippen LogP contribution in [0, 0.1) is 11.8 Å². The fourth-order valence-electron chi connectivity index (χ4n) is 5.45. The predicted octanol–water partition coefficient (Wildman–Crippen LogP) is 4.35. The summed E-state index contributed by atoms with van der Waals surface area (Å²) in [5.41, 5.74) is 3.55. The molecule has 2 aromatic rings. The van der Waals surface area contributed by atoms with E-state index < -0.39 is 17.9 Å². The second kappa shape index (κ2) is 8.34. The number of nitrogens with one attached hydrogen (secondary N) is 1. The van der Waals surface area contributed by atoms with E-state index in [1.165, 1.54) is 4.90 Å². The number of amides is 3. The summed E-state index contributed by atoms with van der Waals surface area (Å²) in [6.07, 6.45) is 3.68. The van der Waals surface area contributed by atoms with Crippen LogP contribution in [0.2, 0.25) is 5.02 Å². The van der Waals surface area contributed by atoms with Crippen LogP contribution in [0.3, 0.4) is 0 Å². The maximum atomic E-state index is 13.7. The Morgan fingerprint density at radius 3 is 2.45 bits per heavy atom. The topological polar surface area (TPSA) is 69.7 Å². The molecule has 2 aromatic carbocycles. The van der Waals surface area contributed by atoms with E-state index in [0.717, 1.165) is 29.7 Å². The number of fused-ring (bicyclic) bond motifs is 5. The highest BCUT2D eigenvalue weighted by Gasteiger charge is 2.64. The summed E-state index contributed by atoms with van der Waals surface area (Å²) >= 11 is 5.99. The lowest BCUT2D eigenvalue weighted by atomic mass is 9.87. The largest absolute Gasteiger partial charge is 0.351 e. The molecule has 0 aliphatic carbocycles. The maximum absolute atomic E-state index is 13.7. The molecule has 33 heavy (non-hydrogen) atoms. The van der Waals surface area contributed by atoms with Crippen molar-refractivity contribution in [3.05, 3.63) is 65.2 Å². The molecule has 0 saturated carbocycles. The molecular formula is C26H26ClN3O3. The molecule has 5 rings (SSSR count). The number of nitrogens with zero attached hydrogens (tertiary/aromatic N) is 2. The normalized spacial score (nSPS) is 25.5. The first kappa shape index (κ1) is 21.7. The zero-order valence-electron chi connectivity index (χ0n) is 18.6. The molecule has 3 aliphatic heterocycles. The zero-order chi connectivity index (χ0) is 23.3. The van der Waals surface area contributed by atoms with Gasteiger partial charge in [0.25, 0.3) is 0 Å². The van der Waals surface area contributed by atoms with E-state index in [9.17, 15) is 14.4 Å². The van der Waals surface area contributed by atoms with E-state index in [1.54, 1.807) is 24.3 Å². The zero-order valence-corrected chi connectivity index (χ0v) is 19.4. The number of rotatable bonds is 5. The Morgan fingerprint density at radius 2 is 1.73 bits per heavy atom. The molecule has 3 heterocycles. The van der Waals surface area contributed by atoms with Crippen LogP contribution in [0.5, 0.6) is 0 Å². The number of carbonyl (C=O) groups excluding carboxylic acids is 3. The second-order valence-electron chi connectivity index (χ2n) is 8.94. The summed E-state index contributed by atoms with van der Waals surface area (Å²) < 4.78 is 0. The first-order valence-corrected chi connectivity index (χ1v) is 11.8. The first-order valence-electron chi connectivity index (χ1n) is 11.4. The van der Waals surface area contributed by atoms with Gasteiger partial charge in [0, 0.05) is 28.5 Å². The third-order valence-corrected chi connectivity index (χ3v) is 7.21. The van der Waals surface area contributed by atoms with Crippen LogP contribution in [0.1, 0.15) is 32.3 Å². The molecule has 0 aromatic heterocycles. The van der Waals surface area contributed by atoms with Gasteiger partial charge in [0.2, 0.25) is 17.7 Å². The third-order valence-electron chi connectivity index (χ3n) is 6.96. The number of hydrogen-bond acceptors (Lipinski definition) is 4. The number of para-hydroxylation sites is 1. The van der Waals surface area contributed by atoms with Crippen molar-refractivity contribution >= 4 is 46.3 Å². The number of likely N-dealkylation sites (tertiary alicyclic amines) is 1. The van der Waals surface area contributed by atoms with E-state index >= 15 is 0 Å². The molecule has 4 atom stereocenters. The minimum atomic E-state index is -0.788. The van der Waals surface area contributed by atoms with Crippen molar-refractivity contribution in [3.8, 4) is 0 Å². The number of hydrogen-bond donors (Lipinski definition) is 1. The van der Waals surface area contributed by atoms with Gasteiger partial charge in [-0.1, -0.05) is 49.2 Å². The average molecular weight is 464 g/mol. The highest BCUT2D eigenvalue weighted by molar-refractivity contribution is 6.30. The fraction of sp³-hybridized carbons (Fsp3) is 0.346. The molecule has 3 aliphatic rings. The summed E-state index contributed by atoms with van der Waals surface area (Å²) in [4.78, 5) is 44.0. The number of imide groups is 1. The van der Waals surface area contributed by atoms with Crippen molar-refractivity contribution in [1.82, 2.24) is 4.90 Å². The highest BCUT2D eigenvalue weighted by Crippen LogP contribution is 2.50. The summed E-state index contributed by atoms with van der Waals surface area (Å²) in [5.74, 6) is -2.00. The van der Waals surface area contributed by atoms with Gasteiger partial charge in [-0.05, 0) is 49.2 Å². The van der Waals surface area contributed by atoms with Gasteiger partial charge in [0.1, 0.15) is 6.04 Å². The Balaban J connectivity index is 1.57. The molecule has 3 amide bonds. The van der Waals surface area contributed by atoms with Gasteiger partial charge in [-0.3, -0.25) is 19.3 Å². The van der Waals surface area contributed by atoms with Crippen molar-refractivity contribution in [3.63, 3.8) is 0 Å². The molecule has 6 nitrogen and oxygen atoms in total. The Bertz CT molecular complexity index is 1160. The quantitative estimate of drug-likeness (QED) is 0.669. The van der Waals surface area contributed by atoms with Crippen molar-refractivity contribution in [2.24, 2.45) is 11.8 Å². The fourth-order valence-corrected chi connectivity index (χ4v) is 5.57. The van der Waals surface area contributed by atoms with Gasteiger partial charge in [0.15, 0.2) is 0 Å². The number of carbonyl (C=O) groups is 3. The summed E-state index contributed by atoms with van der Waals surface area (Å²) in [6, 6.07) is 13.6. The van der Waals surface area contributed by atoms with Gasteiger partial charge in [-0.2, -0.15) is 0 Å².